The van der Waals surface area contributed by atoms with Crippen LogP contribution in [-0.2, 0) is 36.7 Å². The third-order valence-corrected chi connectivity index (χ3v) is 7.22. The van der Waals surface area contributed by atoms with Crippen LogP contribution in [0.1, 0.15) is 35.1 Å². The number of benzene rings is 2. The Labute approximate surface area is 201 Å². The molecule has 1 fully saturated rings. The first kappa shape index (κ1) is 24.6. The van der Waals surface area contributed by atoms with Crippen molar-refractivity contribution in [2.45, 2.75) is 63.4 Å². The van der Waals surface area contributed by atoms with Crippen LogP contribution in [0.4, 0.5) is 0 Å². The molecule has 1 aliphatic rings. The number of hydrogen-bond acceptors (Lipinski definition) is 6. The Kier molecular flexibility index (Phi) is 7.52. The molecule has 1 aliphatic heterocycles. The van der Waals surface area contributed by atoms with E-state index in [9.17, 15) is 8.42 Å². The number of hydrogen-bond donors (Lipinski definition) is 0. The predicted octanol–water partition coefficient (Wildman–Crippen LogP) is 4.35. The lowest BCUT2D eigenvalue weighted by Gasteiger charge is -2.28. The second kappa shape index (κ2) is 10.4. The Bertz CT molecular complexity index is 1170. The average Bonchev–Trinajstić information content (AvgIpc) is 3.43. The van der Waals surface area contributed by atoms with E-state index in [-0.39, 0.29) is 18.1 Å². The minimum Gasteiger partial charge on any atom is -0.345 e. The van der Waals surface area contributed by atoms with E-state index in [1.165, 1.54) is 16.7 Å². The normalized spacial score (nSPS) is 20.6. The van der Waals surface area contributed by atoms with E-state index in [0.29, 0.717) is 13.0 Å². The fourth-order valence-corrected chi connectivity index (χ4v) is 5.30. The number of rotatable bonds is 10. The quantitative estimate of drug-likeness (QED) is 0.398. The summed E-state index contributed by atoms with van der Waals surface area (Å²) >= 11 is 0. The van der Waals surface area contributed by atoms with E-state index in [1.54, 1.807) is 36.8 Å². The summed E-state index contributed by atoms with van der Waals surface area (Å²) in [6.45, 7) is 6.76. The Morgan fingerprint density at radius 3 is 2.50 bits per heavy atom. The molecule has 1 aromatic heterocycles. The van der Waals surface area contributed by atoms with Gasteiger partial charge in [0.25, 0.3) is 10.1 Å². The lowest BCUT2D eigenvalue weighted by Crippen LogP contribution is -2.37. The van der Waals surface area contributed by atoms with Crippen LogP contribution in [0.3, 0.4) is 0 Å². The van der Waals surface area contributed by atoms with Gasteiger partial charge in [-0.15, -0.1) is 0 Å². The molecule has 0 unspecified atom stereocenters. The molecule has 2 aromatic carbocycles. The summed E-state index contributed by atoms with van der Waals surface area (Å²) in [4.78, 5) is 4.25. The highest BCUT2D eigenvalue weighted by Crippen LogP contribution is 2.32. The number of imidazole rings is 1. The monoisotopic (exact) mass is 484 g/mol. The Morgan fingerprint density at radius 1 is 1.09 bits per heavy atom. The summed E-state index contributed by atoms with van der Waals surface area (Å²) in [6.07, 6.45) is 7.27. The van der Waals surface area contributed by atoms with Crippen molar-refractivity contribution in [3.8, 4) is 0 Å². The lowest BCUT2D eigenvalue weighted by atomic mass is 10.0. The van der Waals surface area contributed by atoms with Gasteiger partial charge < -0.3 is 14.0 Å². The Balaban J connectivity index is 1.39. The van der Waals surface area contributed by atoms with Crippen molar-refractivity contribution < 1.29 is 22.1 Å². The van der Waals surface area contributed by atoms with E-state index in [4.69, 9.17) is 13.7 Å². The summed E-state index contributed by atoms with van der Waals surface area (Å²) in [5.41, 5.74) is 4.78. The zero-order valence-corrected chi connectivity index (χ0v) is 20.8. The van der Waals surface area contributed by atoms with Gasteiger partial charge in [-0.2, -0.15) is 8.42 Å². The number of nitrogens with zero attached hydrogens (tertiary/aromatic N) is 2. The first-order valence-electron chi connectivity index (χ1n) is 11.5. The van der Waals surface area contributed by atoms with Gasteiger partial charge in [-0.1, -0.05) is 47.0 Å². The molecular weight excluding hydrogens is 452 g/mol. The summed E-state index contributed by atoms with van der Waals surface area (Å²) in [5.74, 6) is -0.860. The number of aryl methyl sites for hydroxylation is 4. The molecule has 0 bridgehead atoms. The lowest BCUT2D eigenvalue weighted by molar-refractivity contribution is -0.185. The van der Waals surface area contributed by atoms with E-state index in [1.807, 2.05) is 17.7 Å². The van der Waals surface area contributed by atoms with Gasteiger partial charge in [-0.05, 0) is 51.3 Å². The smallest absolute Gasteiger partial charge is 0.297 e. The minimum absolute atomic E-state index is 0.0983. The van der Waals surface area contributed by atoms with Gasteiger partial charge in [0, 0.05) is 18.8 Å². The SMILES string of the molecule is Cc1ccc(S(=O)(=O)OC[C@H]2CO[C@@](CCCc3cc(C)cc(C)c3)(Cn3ccnc3)O2)cc1. The molecule has 0 amide bonds. The molecule has 7 nitrogen and oxygen atoms in total. The molecule has 0 spiro atoms. The topological polar surface area (TPSA) is 79.7 Å². The second-order valence-electron chi connectivity index (χ2n) is 9.10. The molecule has 2 heterocycles. The molecule has 3 aromatic rings. The molecule has 0 saturated carbocycles. The van der Waals surface area contributed by atoms with Crippen molar-refractivity contribution in [2.24, 2.45) is 0 Å². The highest BCUT2D eigenvalue weighted by atomic mass is 32.2. The highest BCUT2D eigenvalue weighted by Gasteiger charge is 2.42. The first-order chi connectivity index (χ1) is 16.2. The van der Waals surface area contributed by atoms with Crippen LogP contribution in [0.2, 0.25) is 0 Å². The van der Waals surface area contributed by atoms with E-state index in [0.717, 1.165) is 18.4 Å². The molecule has 34 heavy (non-hydrogen) atoms. The molecule has 1 saturated heterocycles. The van der Waals surface area contributed by atoms with Crippen LogP contribution in [0.25, 0.3) is 0 Å². The van der Waals surface area contributed by atoms with Crippen molar-refractivity contribution in [3.05, 3.63) is 83.4 Å². The van der Waals surface area contributed by atoms with Crippen LogP contribution >= 0.6 is 0 Å². The van der Waals surface area contributed by atoms with Gasteiger partial charge in [0.05, 0.1) is 31.0 Å². The van der Waals surface area contributed by atoms with Crippen molar-refractivity contribution in [1.29, 1.82) is 0 Å². The third kappa shape index (κ3) is 6.33. The largest absolute Gasteiger partial charge is 0.345 e. The summed E-state index contributed by atoms with van der Waals surface area (Å²) in [5, 5.41) is 0. The van der Waals surface area contributed by atoms with E-state index >= 15 is 0 Å². The van der Waals surface area contributed by atoms with Gasteiger partial charge in [0.2, 0.25) is 0 Å². The van der Waals surface area contributed by atoms with Crippen molar-refractivity contribution in [2.75, 3.05) is 13.2 Å². The Hall–Kier alpha value is -2.52. The third-order valence-electron chi connectivity index (χ3n) is 5.92. The first-order valence-corrected chi connectivity index (χ1v) is 12.9. The highest BCUT2D eigenvalue weighted by molar-refractivity contribution is 7.86. The van der Waals surface area contributed by atoms with Crippen LogP contribution in [0.15, 0.2) is 66.1 Å². The molecule has 182 valence electrons. The zero-order valence-electron chi connectivity index (χ0n) is 19.9. The summed E-state index contributed by atoms with van der Waals surface area (Å²) in [7, 11) is -3.86. The molecule has 0 radical (unpaired) electrons. The van der Waals surface area contributed by atoms with E-state index in [2.05, 4.69) is 37.0 Å². The second-order valence-corrected chi connectivity index (χ2v) is 10.7. The van der Waals surface area contributed by atoms with Gasteiger partial charge in [0.15, 0.2) is 5.79 Å². The van der Waals surface area contributed by atoms with Crippen molar-refractivity contribution >= 4 is 10.1 Å². The standard InChI is InChI=1S/C26H32N2O5S/c1-20-6-8-25(9-7-20)34(29,30)32-17-24-16-31-26(33-24,18-28-12-11-27-19-28)10-4-5-23-14-21(2)13-22(3)15-23/h6-9,11-15,19,24H,4-5,10,16-18H2,1-3H3/t24-,26-/m1/s1. The maximum atomic E-state index is 12.6. The molecule has 2 atom stereocenters. The predicted molar refractivity (Wildman–Crippen MR) is 129 cm³/mol. The molecular formula is C26H32N2O5S. The molecule has 8 heteroatoms. The van der Waals surface area contributed by atoms with Gasteiger partial charge in [-0.3, -0.25) is 4.18 Å². The average molecular weight is 485 g/mol. The molecule has 0 aliphatic carbocycles. The van der Waals surface area contributed by atoms with Crippen molar-refractivity contribution in [1.82, 2.24) is 9.55 Å². The maximum absolute atomic E-state index is 12.6. The summed E-state index contributed by atoms with van der Waals surface area (Å²) < 4.78 is 44.8. The van der Waals surface area contributed by atoms with Crippen LogP contribution in [0.5, 0.6) is 0 Å². The van der Waals surface area contributed by atoms with E-state index < -0.39 is 22.0 Å². The maximum Gasteiger partial charge on any atom is 0.297 e. The van der Waals surface area contributed by atoms with Gasteiger partial charge >= 0.3 is 0 Å². The molecule has 4 rings (SSSR count). The molecule has 0 N–H and O–H groups in total. The van der Waals surface area contributed by atoms with Gasteiger partial charge in [-0.25, -0.2) is 4.98 Å². The van der Waals surface area contributed by atoms with Crippen molar-refractivity contribution in [3.63, 3.8) is 0 Å². The van der Waals surface area contributed by atoms with Gasteiger partial charge in [0.1, 0.15) is 6.10 Å². The fraction of sp³-hybridized carbons (Fsp3) is 0.423. The minimum atomic E-state index is -3.86. The fourth-order valence-electron chi connectivity index (χ4n) is 4.36. The Morgan fingerprint density at radius 2 is 1.82 bits per heavy atom. The van der Waals surface area contributed by atoms with Crippen LogP contribution < -0.4 is 0 Å². The van der Waals surface area contributed by atoms with Crippen LogP contribution in [0, 0.1) is 20.8 Å². The number of ether oxygens (including phenoxy) is 2. The number of aromatic nitrogens is 2. The summed E-state index contributed by atoms with van der Waals surface area (Å²) in [6, 6.07) is 13.2. The van der Waals surface area contributed by atoms with Crippen LogP contribution in [-0.4, -0.2) is 43.1 Å². The zero-order chi connectivity index (χ0) is 24.2.